The maximum absolute atomic E-state index is 13.6. The molecule has 0 bridgehead atoms. The third kappa shape index (κ3) is 3.18. The van der Waals surface area contributed by atoms with E-state index in [-0.39, 0.29) is 12.7 Å². The molecule has 1 aromatic carbocycles. The van der Waals surface area contributed by atoms with Gasteiger partial charge in [-0.05, 0) is 6.42 Å². The van der Waals surface area contributed by atoms with Crippen molar-refractivity contribution in [3.63, 3.8) is 0 Å². The molecule has 0 aliphatic carbocycles. The lowest BCUT2D eigenvalue weighted by Gasteiger charge is -2.12. The number of alkyl halides is 3. The molecule has 19 heavy (non-hydrogen) atoms. The average Bonchev–Trinajstić information content (AvgIpc) is 2.26. The predicted molar refractivity (Wildman–Crippen MR) is 52.5 cm³/mol. The van der Waals surface area contributed by atoms with Gasteiger partial charge in [0.1, 0.15) is 11.4 Å². The van der Waals surface area contributed by atoms with E-state index in [1.807, 2.05) is 0 Å². The zero-order valence-electron chi connectivity index (χ0n) is 9.58. The van der Waals surface area contributed by atoms with Gasteiger partial charge in [-0.25, -0.2) is 13.2 Å². The minimum atomic E-state index is -5.47. The summed E-state index contributed by atoms with van der Waals surface area (Å²) >= 11 is 0. The number of carbonyl (C=O) groups excluding carboxylic acids is 1. The molecule has 0 radical (unpaired) electrons. The number of hydrogen-bond acceptors (Lipinski definition) is 2. The van der Waals surface area contributed by atoms with E-state index in [4.69, 9.17) is 0 Å². The highest BCUT2D eigenvalue weighted by molar-refractivity contribution is 6.01. The van der Waals surface area contributed by atoms with Gasteiger partial charge in [0.05, 0.1) is 6.61 Å². The Morgan fingerprint density at radius 1 is 1.21 bits per heavy atom. The molecule has 1 aromatic rings. The van der Waals surface area contributed by atoms with Crippen LogP contribution < -0.4 is 4.74 Å². The fraction of sp³-hybridized carbons (Fsp3) is 0.364. The first kappa shape index (κ1) is 15.3. The van der Waals surface area contributed by atoms with Crippen molar-refractivity contribution >= 4 is 5.78 Å². The minimum Gasteiger partial charge on any atom is -0.488 e. The molecule has 0 aromatic heterocycles. The van der Waals surface area contributed by atoms with E-state index in [2.05, 4.69) is 4.74 Å². The second kappa shape index (κ2) is 5.50. The van der Waals surface area contributed by atoms with Crippen molar-refractivity contribution in [2.24, 2.45) is 0 Å². The summed E-state index contributed by atoms with van der Waals surface area (Å²) in [5.74, 6) is -9.36. The third-order valence-corrected chi connectivity index (χ3v) is 2.06. The predicted octanol–water partition coefficient (Wildman–Crippen LogP) is 3.64. The van der Waals surface area contributed by atoms with Crippen molar-refractivity contribution in [3.05, 3.63) is 29.1 Å². The van der Waals surface area contributed by atoms with E-state index in [1.54, 1.807) is 6.92 Å². The van der Waals surface area contributed by atoms with E-state index in [9.17, 15) is 31.1 Å². The standard InChI is InChI=1S/C11H8F6O2/c1-2-3-19-9-6(13)4-5(12)7(8(9)14)10(18)11(15,16)17/h4H,2-3H2,1H3. The number of hydrogen-bond donors (Lipinski definition) is 0. The fourth-order valence-corrected chi connectivity index (χ4v) is 1.26. The number of benzene rings is 1. The molecule has 0 saturated heterocycles. The van der Waals surface area contributed by atoms with Crippen molar-refractivity contribution in [1.82, 2.24) is 0 Å². The molecule has 0 saturated carbocycles. The molecule has 0 spiro atoms. The highest BCUT2D eigenvalue weighted by Crippen LogP contribution is 2.31. The minimum absolute atomic E-state index is 0.0208. The Labute approximate surface area is 104 Å². The molecule has 0 N–H and O–H groups in total. The molecule has 0 aliphatic heterocycles. The van der Waals surface area contributed by atoms with Gasteiger partial charge >= 0.3 is 6.18 Å². The van der Waals surface area contributed by atoms with E-state index in [0.717, 1.165) is 0 Å². The molecule has 0 aliphatic rings. The largest absolute Gasteiger partial charge is 0.488 e. The quantitative estimate of drug-likeness (QED) is 0.624. The van der Waals surface area contributed by atoms with Gasteiger partial charge in [-0.3, -0.25) is 4.79 Å². The summed E-state index contributed by atoms with van der Waals surface area (Å²) in [6, 6.07) is -0.0208. The maximum atomic E-state index is 13.6. The normalized spacial score (nSPS) is 11.5. The van der Waals surface area contributed by atoms with Gasteiger partial charge in [0, 0.05) is 6.07 Å². The van der Waals surface area contributed by atoms with Crippen LogP contribution in [0.3, 0.4) is 0 Å². The lowest BCUT2D eigenvalue weighted by atomic mass is 10.1. The molecule has 106 valence electrons. The second-order valence-electron chi connectivity index (χ2n) is 3.53. The monoisotopic (exact) mass is 286 g/mol. The highest BCUT2D eigenvalue weighted by Gasteiger charge is 2.43. The van der Waals surface area contributed by atoms with Crippen molar-refractivity contribution < 1.29 is 35.9 Å². The summed E-state index contributed by atoms with van der Waals surface area (Å²) in [6.07, 6.45) is -5.15. The topological polar surface area (TPSA) is 26.3 Å². The summed E-state index contributed by atoms with van der Waals surface area (Å²) in [6.45, 7) is 1.39. The van der Waals surface area contributed by atoms with Gasteiger partial charge in [-0.2, -0.15) is 13.2 Å². The second-order valence-corrected chi connectivity index (χ2v) is 3.53. The van der Waals surface area contributed by atoms with Crippen LogP contribution in [-0.2, 0) is 0 Å². The highest BCUT2D eigenvalue weighted by atomic mass is 19.4. The van der Waals surface area contributed by atoms with E-state index >= 15 is 0 Å². The first-order valence-corrected chi connectivity index (χ1v) is 5.12. The van der Waals surface area contributed by atoms with E-state index in [1.165, 1.54) is 0 Å². The molecular formula is C11H8F6O2. The van der Waals surface area contributed by atoms with Crippen molar-refractivity contribution in [2.45, 2.75) is 19.5 Å². The summed E-state index contributed by atoms with van der Waals surface area (Å²) in [5, 5.41) is 0. The molecule has 1 rings (SSSR count). The zero-order valence-corrected chi connectivity index (χ0v) is 9.58. The first-order chi connectivity index (χ1) is 8.70. The van der Waals surface area contributed by atoms with Crippen LogP contribution in [0.2, 0.25) is 0 Å². The van der Waals surface area contributed by atoms with Gasteiger partial charge in [-0.1, -0.05) is 6.92 Å². The van der Waals surface area contributed by atoms with Crippen LogP contribution in [0, 0.1) is 17.5 Å². The van der Waals surface area contributed by atoms with Crippen molar-refractivity contribution in [1.29, 1.82) is 0 Å². The summed E-state index contributed by atoms with van der Waals surface area (Å²) in [4.78, 5) is 10.9. The number of ether oxygens (including phenoxy) is 1. The Kier molecular flexibility index (Phi) is 4.43. The van der Waals surface area contributed by atoms with Crippen LogP contribution in [0.25, 0.3) is 0 Å². The van der Waals surface area contributed by atoms with Gasteiger partial charge in [-0.15, -0.1) is 0 Å². The Morgan fingerprint density at radius 2 is 1.79 bits per heavy atom. The van der Waals surface area contributed by atoms with Gasteiger partial charge in [0.15, 0.2) is 17.4 Å². The average molecular weight is 286 g/mol. The SMILES string of the molecule is CCCOc1c(F)cc(F)c(C(=O)C(F)(F)F)c1F. The van der Waals surface area contributed by atoms with Gasteiger partial charge in [0.25, 0.3) is 5.78 Å². The van der Waals surface area contributed by atoms with E-state index in [0.29, 0.717) is 6.42 Å². The van der Waals surface area contributed by atoms with Crippen molar-refractivity contribution in [3.8, 4) is 5.75 Å². The molecule has 0 unspecified atom stereocenters. The number of carbonyl (C=O) groups is 1. The first-order valence-electron chi connectivity index (χ1n) is 5.12. The molecule has 0 heterocycles. The smallest absolute Gasteiger partial charge is 0.455 e. The van der Waals surface area contributed by atoms with Crippen molar-refractivity contribution in [2.75, 3.05) is 6.61 Å². The molecule has 0 amide bonds. The maximum Gasteiger partial charge on any atom is 0.455 e. The lowest BCUT2D eigenvalue weighted by molar-refractivity contribution is -0.0890. The Hall–Kier alpha value is -1.73. The van der Waals surface area contributed by atoms with Crippen LogP contribution in [0.15, 0.2) is 6.07 Å². The summed E-state index contributed by atoms with van der Waals surface area (Å²) in [5.41, 5.74) is -1.87. The number of Topliss-reactive ketones (excluding diaryl/α,β-unsaturated/α-hetero) is 1. The van der Waals surface area contributed by atoms with Crippen LogP contribution in [0.4, 0.5) is 26.3 Å². The number of rotatable bonds is 4. The number of ketones is 1. The third-order valence-electron chi connectivity index (χ3n) is 2.06. The molecule has 2 nitrogen and oxygen atoms in total. The molecule has 0 fully saturated rings. The summed E-state index contributed by atoms with van der Waals surface area (Å²) in [7, 11) is 0. The zero-order chi connectivity index (χ0) is 14.8. The van der Waals surface area contributed by atoms with Crippen LogP contribution >= 0.6 is 0 Å². The van der Waals surface area contributed by atoms with Gasteiger partial charge < -0.3 is 4.74 Å². The Morgan fingerprint density at radius 3 is 2.26 bits per heavy atom. The number of halogens is 6. The molecule has 8 heteroatoms. The fourth-order valence-electron chi connectivity index (χ4n) is 1.26. The molecule has 0 atom stereocenters. The van der Waals surface area contributed by atoms with Crippen LogP contribution in [0.5, 0.6) is 5.75 Å². The van der Waals surface area contributed by atoms with Crippen LogP contribution in [-0.4, -0.2) is 18.6 Å². The lowest BCUT2D eigenvalue weighted by Crippen LogP contribution is -2.25. The molecular weight excluding hydrogens is 278 g/mol. The Bertz CT molecular complexity index is 495. The Balaban J connectivity index is 3.37. The van der Waals surface area contributed by atoms with Gasteiger partial charge in [0.2, 0.25) is 0 Å². The van der Waals surface area contributed by atoms with E-state index < -0.39 is 40.7 Å². The van der Waals surface area contributed by atoms with Crippen LogP contribution in [0.1, 0.15) is 23.7 Å². The summed E-state index contributed by atoms with van der Waals surface area (Å²) < 4.78 is 80.9.